The van der Waals surface area contributed by atoms with Gasteiger partial charge < -0.3 is 4.42 Å². The molecule has 6 aromatic rings. The number of benzene rings is 5. The molecular weight excluding hydrogens is 448 g/mol. The summed E-state index contributed by atoms with van der Waals surface area (Å²) in [5.41, 5.74) is 12.0. The zero-order valence-corrected chi connectivity index (χ0v) is 20.4. The van der Waals surface area contributed by atoms with E-state index >= 15 is 0 Å². The van der Waals surface area contributed by atoms with Crippen molar-refractivity contribution in [2.75, 3.05) is 0 Å². The van der Waals surface area contributed by atoms with Gasteiger partial charge in [0, 0.05) is 21.2 Å². The van der Waals surface area contributed by atoms with Gasteiger partial charge in [-0.3, -0.25) is 0 Å². The van der Waals surface area contributed by atoms with E-state index in [1.54, 1.807) is 0 Å². The van der Waals surface area contributed by atoms with Crippen LogP contribution in [-0.4, -0.2) is 0 Å². The molecule has 0 unspecified atom stereocenters. The van der Waals surface area contributed by atoms with Gasteiger partial charge in [0.05, 0.1) is 0 Å². The van der Waals surface area contributed by atoms with Gasteiger partial charge >= 0.3 is 0 Å². The average Bonchev–Trinajstić information content (AvgIpc) is 3.36. The van der Waals surface area contributed by atoms with Crippen molar-refractivity contribution in [3.8, 4) is 33.4 Å². The molecule has 1 aromatic heterocycles. The predicted molar refractivity (Wildman–Crippen MR) is 147 cm³/mol. The Balaban J connectivity index is 1.34. The lowest BCUT2D eigenvalue weighted by atomic mass is 9.82. The van der Waals surface area contributed by atoms with Gasteiger partial charge in [0.15, 0.2) is 0 Å². The Morgan fingerprint density at radius 2 is 1.20 bits per heavy atom. The normalized spacial score (nSPS) is 13.8. The average molecular weight is 471 g/mol. The fourth-order valence-corrected chi connectivity index (χ4v) is 5.80. The van der Waals surface area contributed by atoms with Gasteiger partial charge in [0.2, 0.25) is 0 Å². The van der Waals surface area contributed by atoms with Gasteiger partial charge in [-0.2, -0.15) is 0 Å². The lowest BCUT2D eigenvalue weighted by molar-refractivity contribution is 0.660. The van der Waals surface area contributed by atoms with Crippen molar-refractivity contribution >= 4 is 33.5 Å². The topological polar surface area (TPSA) is 13.1 Å². The van der Waals surface area contributed by atoms with E-state index in [9.17, 15) is 0 Å². The van der Waals surface area contributed by atoms with Crippen LogP contribution in [0, 0.1) is 0 Å². The van der Waals surface area contributed by atoms with Crippen LogP contribution >= 0.6 is 11.6 Å². The summed E-state index contributed by atoms with van der Waals surface area (Å²) in [5, 5.41) is 3.01. The number of rotatable bonds is 2. The minimum Gasteiger partial charge on any atom is -0.456 e. The van der Waals surface area contributed by atoms with Crippen LogP contribution in [0.4, 0.5) is 0 Å². The third kappa shape index (κ3) is 3.08. The minimum absolute atomic E-state index is 0.0248. The van der Waals surface area contributed by atoms with E-state index in [1.807, 2.05) is 24.3 Å². The summed E-state index contributed by atoms with van der Waals surface area (Å²) >= 11 is 6.06. The van der Waals surface area contributed by atoms with Crippen molar-refractivity contribution in [2.45, 2.75) is 19.3 Å². The predicted octanol–water partition coefficient (Wildman–Crippen LogP) is 9.88. The smallest absolute Gasteiger partial charge is 0.136 e. The van der Waals surface area contributed by atoms with Crippen LogP contribution in [0.5, 0.6) is 0 Å². The first-order chi connectivity index (χ1) is 17.0. The quantitative estimate of drug-likeness (QED) is 0.245. The number of hydrogen-bond donors (Lipinski definition) is 0. The van der Waals surface area contributed by atoms with Crippen molar-refractivity contribution in [3.63, 3.8) is 0 Å². The molecule has 7 rings (SSSR count). The van der Waals surface area contributed by atoms with E-state index in [1.165, 1.54) is 33.4 Å². The van der Waals surface area contributed by atoms with Crippen molar-refractivity contribution in [2.24, 2.45) is 0 Å². The van der Waals surface area contributed by atoms with E-state index in [2.05, 4.69) is 92.7 Å². The summed E-state index contributed by atoms with van der Waals surface area (Å²) in [4.78, 5) is 0. The van der Waals surface area contributed by atoms with Gasteiger partial charge in [-0.25, -0.2) is 0 Å². The van der Waals surface area contributed by atoms with Crippen molar-refractivity contribution in [3.05, 3.63) is 119 Å². The summed E-state index contributed by atoms with van der Waals surface area (Å²) in [6, 6.07) is 36.6. The molecule has 2 heteroatoms. The number of halogens is 1. The van der Waals surface area contributed by atoms with Crippen LogP contribution in [-0.2, 0) is 5.41 Å². The number of furan rings is 1. The molecule has 1 aliphatic carbocycles. The highest BCUT2D eigenvalue weighted by Gasteiger charge is 2.35. The second kappa shape index (κ2) is 7.34. The van der Waals surface area contributed by atoms with E-state index in [-0.39, 0.29) is 5.41 Å². The molecule has 1 heterocycles. The van der Waals surface area contributed by atoms with Crippen LogP contribution in [0.2, 0.25) is 5.02 Å². The van der Waals surface area contributed by atoms with Gasteiger partial charge in [-0.15, -0.1) is 0 Å². The maximum absolute atomic E-state index is 6.25. The van der Waals surface area contributed by atoms with Crippen LogP contribution in [0.1, 0.15) is 25.0 Å². The Kier molecular flexibility index (Phi) is 4.31. The molecule has 0 aliphatic heterocycles. The maximum atomic E-state index is 6.25. The third-order valence-corrected chi connectivity index (χ3v) is 7.82. The SMILES string of the molecule is CC1(C)c2ccccc2-c2cc(-c3ccc4oc5cc(-c6ccc(Cl)cc6)ccc5c4c3)ccc21. The lowest BCUT2D eigenvalue weighted by Crippen LogP contribution is -2.14. The van der Waals surface area contributed by atoms with E-state index < -0.39 is 0 Å². The first-order valence-electron chi connectivity index (χ1n) is 12.0. The van der Waals surface area contributed by atoms with E-state index in [0.29, 0.717) is 0 Å². The summed E-state index contributed by atoms with van der Waals surface area (Å²) in [7, 11) is 0. The fourth-order valence-electron chi connectivity index (χ4n) is 5.68. The number of fused-ring (bicyclic) bond motifs is 6. The van der Waals surface area contributed by atoms with E-state index in [0.717, 1.165) is 38.1 Å². The van der Waals surface area contributed by atoms with Crippen LogP contribution in [0.25, 0.3) is 55.3 Å². The summed E-state index contributed by atoms with van der Waals surface area (Å²) < 4.78 is 6.25. The third-order valence-electron chi connectivity index (χ3n) is 7.57. The molecule has 0 radical (unpaired) electrons. The van der Waals surface area contributed by atoms with Gasteiger partial charge in [0.1, 0.15) is 11.2 Å². The first-order valence-corrected chi connectivity index (χ1v) is 12.3. The maximum Gasteiger partial charge on any atom is 0.136 e. The fraction of sp³-hybridized carbons (Fsp3) is 0.0909. The lowest BCUT2D eigenvalue weighted by Gasteiger charge is -2.21. The molecule has 168 valence electrons. The summed E-state index contributed by atoms with van der Waals surface area (Å²) in [6.45, 7) is 4.64. The van der Waals surface area contributed by atoms with Gasteiger partial charge in [0.25, 0.3) is 0 Å². The highest BCUT2D eigenvalue weighted by atomic mass is 35.5. The van der Waals surface area contributed by atoms with E-state index in [4.69, 9.17) is 16.0 Å². The van der Waals surface area contributed by atoms with Gasteiger partial charge in [-0.05, 0) is 87.0 Å². The minimum atomic E-state index is 0.0248. The first kappa shape index (κ1) is 20.6. The Morgan fingerprint density at radius 1 is 0.543 bits per heavy atom. The van der Waals surface area contributed by atoms with Crippen LogP contribution < -0.4 is 0 Å². The molecule has 5 aromatic carbocycles. The van der Waals surface area contributed by atoms with Crippen molar-refractivity contribution < 1.29 is 4.42 Å². The second-order valence-electron chi connectivity index (χ2n) is 9.96. The zero-order valence-electron chi connectivity index (χ0n) is 19.6. The summed E-state index contributed by atoms with van der Waals surface area (Å²) in [5.74, 6) is 0. The van der Waals surface area contributed by atoms with Crippen molar-refractivity contribution in [1.29, 1.82) is 0 Å². The monoisotopic (exact) mass is 470 g/mol. The standard InChI is InChI=1S/C33H23ClO/c1-33(2)29-6-4-3-5-25(29)27-17-21(10-15-30(27)33)22-11-16-31-28(18-22)26-14-9-23(19-32(26)35-31)20-7-12-24(34)13-8-20/h3-19H,1-2H3. The molecule has 0 saturated heterocycles. The molecule has 0 spiro atoms. The largest absolute Gasteiger partial charge is 0.456 e. The highest BCUT2D eigenvalue weighted by molar-refractivity contribution is 6.30. The molecular formula is C33H23ClO. The molecule has 0 bridgehead atoms. The highest BCUT2D eigenvalue weighted by Crippen LogP contribution is 2.49. The van der Waals surface area contributed by atoms with Crippen LogP contribution in [0.3, 0.4) is 0 Å². The zero-order chi connectivity index (χ0) is 23.7. The van der Waals surface area contributed by atoms with Gasteiger partial charge in [-0.1, -0.05) is 86.1 Å². The Labute approximate surface area is 209 Å². The molecule has 0 amide bonds. The van der Waals surface area contributed by atoms with Crippen molar-refractivity contribution in [1.82, 2.24) is 0 Å². The number of hydrogen-bond acceptors (Lipinski definition) is 1. The molecule has 0 fully saturated rings. The molecule has 1 aliphatic rings. The Bertz CT molecular complexity index is 1770. The van der Waals surface area contributed by atoms with Crippen LogP contribution in [0.15, 0.2) is 108 Å². The second-order valence-corrected chi connectivity index (χ2v) is 10.4. The molecule has 1 nitrogen and oxygen atoms in total. The Hall–Kier alpha value is -3.81. The summed E-state index contributed by atoms with van der Waals surface area (Å²) in [6.07, 6.45) is 0. The molecule has 35 heavy (non-hydrogen) atoms. The molecule has 0 atom stereocenters. The Morgan fingerprint density at radius 3 is 2.06 bits per heavy atom. The molecule has 0 N–H and O–H groups in total. The molecule has 0 saturated carbocycles.